The van der Waals surface area contributed by atoms with Gasteiger partial charge in [0.25, 0.3) is 5.56 Å². The molecule has 0 radical (unpaired) electrons. The van der Waals surface area contributed by atoms with E-state index in [2.05, 4.69) is 21.1 Å². The summed E-state index contributed by atoms with van der Waals surface area (Å²) in [6.07, 6.45) is 1.44. The Labute approximate surface area is 192 Å². The van der Waals surface area contributed by atoms with Gasteiger partial charge in [-0.3, -0.25) is 9.36 Å². The molecule has 2 aromatic carbocycles. The number of hydrogen-bond acceptors (Lipinski definition) is 5. The van der Waals surface area contributed by atoms with Crippen LogP contribution in [0.25, 0.3) is 27.5 Å². The number of fused-ring (bicyclic) bond motifs is 2. The third-order valence-electron chi connectivity index (χ3n) is 5.73. The largest absolute Gasteiger partial charge is 0.383 e. The lowest BCUT2D eigenvalue weighted by molar-refractivity contribution is 0.663. The van der Waals surface area contributed by atoms with Gasteiger partial charge < -0.3 is 5.73 Å². The van der Waals surface area contributed by atoms with E-state index in [-0.39, 0.29) is 5.56 Å². The van der Waals surface area contributed by atoms with Gasteiger partial charge in [0.2, 0.25) is 0 Å². The van der Waals surface area contributed by atoms with Crippen molar-refractivity contribution in [2.45, 2.75) is 41.2 Å². The lowest BCUT2D eigenvalue weighted by Gasteiger charge is -2.17. The molecule has 0 unspecified atom stereocenters. The summed E-state index contributed by atoms with van der Waals surface area (Å²) < 4.78 is 3.58. The van der Waals surface area contributed by atoms with E-state index in [1.54, 1.807) is 9.25 Å². The molecule has 7 heteroatoms. The molecule has 3 aromatic heterocycles. The molecule has 0 amide bonds. The highest BCUT2D eigenvalue weighted by Gasteiger charge is 2.18. The first kappa shape index (κ1) is 22.2. The van der Waals surface area contributed by atoms with Crippen LogP contribution in [0.5, 0.6) is 0 Å². The minimum absolute atomic E-state index is 0.0396. The van der Waals surface area contributed by atoms with Crippen LogP contribution in [0.2, 0.25) is 0 Å². The van der Waals surface area contributed by atoms with Gasteiger partial charge in [0, 0.05) is 5.69 Å². The van der Waals surface area contributed by atoms with Gasteiger partial charge in [-0.05, 0) is 49.4 Å². The van der Waals surface area contributed by atoms with Crippen LogP contribution in [0.3, 0.4) is 0 Å². The molecule has 0 saturated heterocycles. The zero-order chi connectivity index (χ0) is 23.7. The lowest BCUT2D eigenvalue weighted by Crippen LogP contribution is -2.25. The number of pyridine rings is 1. The number of para-hydroxylation sites is 1. The normalized spacial score (nSPS) is 10.9. The summed E-state index contributed by atoms with van der Waals surface area (Å²) in [7, 11) is 0. The van der Waals surface area contributed by atoms with Crippen molar-refractivity contribution in [2.24, 2.45) is 0 Å². The number of aromatic nitrogens is 5. The van der Waals surface area contributed by atoms with E-state index in [1.807, 2.05) is 77.1 Å². The first-order chi connectivity index (χ1) is 16.0. The SMILES string of the molecule is CC.Cc1ccccc1-n1c(Cn2nc(C)c3c(N)ncnc32)cc2cccc(C)c2c1=O. The molecule has 168 valence electrons. The number of rotatable bonds is 3. The van der Waals surface area contributed by atoms with Gasteiger partial charge in [0.05, 0.1) is 28.7 Å². The van der Waals surface area contributed by atoms with Crippen LogP contribution < -0.4 is 11.3 Å². The first-order valence-electron chi connectivity index (χ1n) is 11.1. The summed E-state index contributed by atoms with van der Waals surface area (Å²) in [6.45, 7) is 10.2. The number of nitrogens with zero attached hydrogens (tertiary/aromatic N) is 5. The molecule has 7 nitrogen and oxygen atoms in total. The highest BCUT2D eigenvalue weighted by atomic mass is 16.1. The Kier molecular flexibility index (Phi) is 5.96. The second kappa shape index (κ2) is 8.86. The van der Waals surface area contributed by atoms with Crippen LogP contribution in [0.4, 0.5) is 5.82 Å². The van der Waals surface area contributed by atoms with E-state index < -0.39 is 0 Å². The fourth-order valence-electron chi connectivity index (χ4n) is 4.26. The highest BCUT2D eigenvalue weighted by Crippen LogP contribution is 2.24. The number of benzene rings is 2. The minimum Gasteiger partial charge on any atom is -0.383 e. The number of hydrogen-bond donors (Lipinski definition) is 1. The van der Waals surface area contributed by atoms with Gasteiger partial charge >= 0.3 is 0 Å². The molecule has 0 aliphatic rings. The average Bonchev–Trinajstić information content (AvgIpc) is 3.12. The smallest absolute Gasteiger partial charge is 0.263 e. The van der Waals surface area contributed by atoms with E-state index in [4.69, 9.17) is 5.73 Å². The van der Waals surface area contributed by atoms with Crippen LogP contribution in [0.1, 0.15) is 36.4 Å². The molecule has 0 fully saturated rings. The monoisotopic (exact) mass is 440 g/mol. The molecule has 5 rings (SSSR count). The van der Waals surface area contributed by atoms with E-state index in [0.717, 1.165) is 44.4 Å². The Hall–Kier alpha value is -4.00. The molecule has 33 heavy (non-hydrogen) atoms. The second-order valence-corrected chi connectivity index (χ2v) is 7.80. The maximum Gasteiger partial charge on any atom is 0.263 e. The van der Waals surface area contributed by atoms with Gasteiger partial charge in [0.15, 0.2) is 5.65 Å². The van der Waals surface area contributed by atoms with Crippen molar-refractivity contribution in [1.29, 1.82) is 0 Å². The highest BCUT2D eigenvalue weighted by molar-refractivity contribution is 5.88. The lowest BCUT2D eigenvalue weighted by atomic mass is 10.1. The van der Waals surface area contributed by atoms with Crippen molar-refractivity contribution in [2.75, 3.05) is 5.73 Å². The van der Waals surface area contributed by atoms with Gasteiger partial charge in [-0.2, -0.15) is 5.10 Å². The van der Waals surface area contributed by atoms with E-state index in [1.165, 1.54) is 6.33 Å². The molecule has 5 aromatic rings. The zero-order valence-corrected chi connectivity index (χ0v) is 19.6. The van der Waals surface area contributed by atoms with Gasteiger partial charge in [-0.25, -0.2) is 14.6 Å². The Bertz CT molecular complexity index is 1530. The second-order valence-electron chi connectivity index (χ2n) is 7.80. The fraction of sp³-hybridized carbons (Fsp3) is 0.231. The van der Waals surface area contributed by atoms with Gasteiger partial charge in [-0.15, -0.1) is 0 Å². The molecule has 0 aliphatic carbocycles. The molecule has 0 atom stereocenters. The molecule has 3 heterocycles. The predicted octanol–water partition coefficient (Wildman–Crippen LogP) is 4.71. The summed E-state index contributed by atoms with van der Waals surface area (Å²) >= 11 is 0. The van der Waals surface area contributed by atoms with Crippen molar-refractivity contribution in [3.63, 3.8) is 0 Å². The Morgan fingerprint density at radius 1 is 0.909 bits per heavy atom. The summed E-state index contributed by atoms with van der Waals surface area (Å²) in [6, 6.07) is 15.9. The van der Waals surface area contributed by atoms with Crippen molar-refractivity contribution in [3.8, 4) is 5.69 Å². The molecule has 2 N–H and O–H groups in total. The van der Waals surface area contributed by atoms with Crippen LogP contribution >= 0.6 is 0 Å². The van der Waals surface area contributed by atoms with Gasteiger partial charge in [-0.1, -0.05) is 50.2 Å². The van der Waals surface area contributed by atoms with Crippen LogP contribution in [0.15, 0.2) is 59.7 Å². The van der Waals surface area contributed by atoms with Crippen LogP contribution in [-0.4, -0.2) is 24.3 Å². The van der Waals surface area contributed by atoms with Crippen molar-refractivity contribution in [1.82, 2.24) is 24.3 Å². The quantitative estimate of drug-likeness (QED) is 0.439. The predicted molar refractivity (Wildman–Crippen MR) is 134 cm³/mol. The van der Waals surface area contributed by atoms with Gasteiger partial charge in [0.1, 0.15) is 12.1 Å². The maximum atomic E-state index is 13.7. The topological polar surface area (TPSA) is 91.6 Å². The van der Waals surface area contributed by atoms with Crippen molar-refractivity contribution >= 4 is 27.6 Å². The minimum atomic E-state index is -0.0396. The van der Waals surface area contributed by atoms with Crippen LogP contribution in [0, 0.1) is 20.8 Å². The summed E-state index contributed by atoms with van der Waals surface area (Å²) in [5.41, 5.74) is 11.1. The number of aryl methyl sites for hydroxylation is 3. The Balaban J connectivity index is 0.00000126. The first-order valence-corrected chi connectivity index (χ1v) is 11.1. The number of nitrogen functional groups attached to an aromatic ring is 1. The molecule has 0 spiro atoms. The average molecular weight is 441 g/mol. The summed E-state index contributed by atoms with van der Waals surface area (Å²) in [4.78, 5) is 22.2. The van der Waals surface area contributed by atoms with Crippen molar-refractivity contribution < 1.29 is 0 Å². The van der Waals surface area contributed by atoms with E-state index >= 15 is 0 Å². The fourth-order valence-corrected chi connectivity index (χ4v) is 4.26. The Morgan fingerprint density at radius 2 is 1.64 bits per heavy atom. The van der Waals surface area contributed by atoms with Crippen LogP contribution in [-0.2, 0) is 6.54 Å². The third-order valence-corrected chi connectivity index (χ3v) is 5.73. The van der Waals surface area contributed by atoms with E-state index in [9.17, 15) is 4.79 Å². The number of nitrogens with two attached hydrogens (primary N) is 1. The van der Waals surface area contributed by atoms with Crippen molar-refractivity contribution in [3.05, 3.63) is 87.7 Å². The summed E-state index contributed by atoms with van der Waals surface area (Å²) in [5.74, 6) is 0.402. The zero-order valence-electron chi connectivity index (χ0n) is 19.6. The molecule has 0 aliphatic heterocycles. The third kappa shape index (κ3) is 3.75. The van der Waals surface area contributed by atoms with E-state index in [0.29, 0.717) is 18.0 Å². The molecule has 0 bridgehead atoms. The number of anilines is 1. The molecular weight excluding hydrogens is 412 g/mol. The maximum absolute atomic E-state index is 13.7. The standard InChI is InChI=1S/C24H22N6O.C2H6/c1-14-7-4-5-10-19(14)30-18(11-17-9-6-8-15(2)20(17)24(30)31)12-29-23-21(16(3)28-29)22(25)26-13-27-23;1-2/h4-11,13H,12H2,1-3H3,(H2,25,26,27);1-2H3. The molecular formula is C26H28N6O. The molecule has 0 saturated carbocycles. The Morgan fingerprint density at radius 3 is 2.39 bits per heavy atom. The summed E-state index contributed by atoms with van der Waals surface area (Å²) in [5, 5.41) is 7.02.